The number of benzene rings is 1. The third-order valence-electron chi connectivity index (χ3n) is 7.27. The van der Waals surface area contributed by atoms with Crippen molar-refractivity contribution in [2.45, 2.75) is 64.2 Å². The molecule has 1 aliphatic heterocycles. The van der Waals surface area contributed by atoms with Gasteiger partial charge in [0.05, 0.1) is 23.9 Å². The first kappa shape index (κ1) is 21.6. The van der Waals surface area contributed by atoms with Crippen LogP contribution in [0.2, 0.25) is 0 Å². The summed E-state index contributed by atoms with van der Waals surface area (Å²) in [5, 5.41) is 8.76. The molecule has 1 amide bonds. The van der Waals surface area contributed by atoms with Gasteiger partial charge in [0, 0.05) is 22.8 Å². The molecule has 1 aliphatic carbocycles. The van der Waals surface area contributed by atoms with Crippen molar-refractivity contribution in [2.24, 2.45) is 0 Å². The smallest absolute Gasteiger partial charge is 0.237 e. The molecule has 0 spiro atoms. The van der Waals surface area contributed by atoms with Gasteiger partial charge in [-0.1, -0.05) is 37.9 Å². The molecule has 2 N–H and O–H groups in total. The zero-order valence-electron chi connectivity index (χ0n) is 19.2. The van der Waals surface area contributed by atoms with E-state index in [1.54, 1.807) is 6.26 Å². The first-order valence-electron chi connectivity index (χ1n) is 11.8. The number of carbonyl (C=O) groups excluding carboxylic acids is 1. The van der Waals surface area contributed by atoms with Gasteiger partial charge in [0.2, 0.25) is 5.91 Å². The lowest BCUT2D eigenvalue weighted by Crippen LogP contribution is -2.42. The van der Waals surface area contributed by atoms with Crippen LogP contribution in [-0.2, 0) is 34.2 Å². The molecule has 1 aromatic carbocycles. The van der Waals surface area contributed by atoms with E-state index >= 15 is 0 Å². The number of hydrogen-bond acceptors (Lipinski definition) is 3. The van der Waals surface area contributed by atoms with E-state index in [9.17, 15) is 9.35 Å². The number of aromatic nitrogens is 3. The Bertz CT molecular complexity index is 1160. The molecule has 1 unspecified atom stereocenters. The number of fused-ring (bicyclic) bond motifs is 6. The van der Waals surface area contributed by atoms with Crippen LogP contribution in [0.15, 0.2) is 18.3 Å². The van der Waals surface area contributed by atoms with E-state index in [1.165, 1.54) is 16.5 Å². The van der Waals surface area contributed by atoms with Crippen LogP contribution >= 0.6 is 0 Å². The highest BCUT2D eigenvalue weighted by atomic mass is 32.2. The van der Waals surface area contributed by atoms with Crippen molar-refractivity contribution >= 4 is 33.7 Å². The average Bonchev–Trinajstić information content (AvgIpc) is 3.38. The highest BCUT2D eigenvalue weighted by Gasteiger charge is 2.49. The standard InChI is InChI=1S/C25H32N4O2S/c1-4-9-25(10-5-2)19-14-20-18(13-21(19)29(24(25)30)11-12-32(3)31)17-8-6-7-16-15-26-28-22(16)23(17)27-20/h13-15,27H,4-12H2,1-3H3,(H,26,28). The molecule has 7 heteroatoms. The molecular formula is C25H32N4O2S. The summed E-state index contributed by atoms with van der Waals surface area (Å²) in [4.78, 5) is 19.4. The number of aryl methyl sites for hydroxylation is 2. The van der Waals surface area contributed by atoms with Gasteiger partial charge in [-0.2, -0.15) is 5.10 Å². The maximum absolute atomic E-state index is 13.9. The van der Waals surface area contributed by atoms with Crippen LogP contribution in [0.25, 0.3) is 22.3 Å². The molecule has 1 atom stereocenters. The molecule has 2 aromatic heterocycles. The number of rotatable bonds is 7. The molecule has 3 heterocycles. The molecule has 0 fully saturated rings. The summed E-state index contributed by atoms with van der Waals surface area (Å²) in [6.45, 7) is 4.82. The summed E-state index contributed by atoms with van der Waals surface area (Å²) >= 11 is -0.941. The van der Waals surface area contributed by atoms with Gasteiger partial charge in [0.15, 0.2) is 0 Å². The predicted molar refractivity (Wildman–Crippen MR) is 131 cm³/mol. The van der Waals surface area contributed by atoms with Gasteiger partial charge in [-0.05, 0) is 60.9 Å². The van der Waals surface area contributed by atoms with Crippen molar-refractivity contribution in [3.8, 4) is 11.4 Å². The molecule has 0 radical (unpaired) electrons. The first-order valence-corrected chi connectivity index (χ1v) is 13.6. The van der Waals surface area contributed by atoms with Crippen LogP contribution in [0.4, 0.5) is 5.69 Å². The molecule has 6 nitrogen and oxygen atoms in total. The van der Waals surface area contributed by atoms with E-state index in [1.807, 2.05) is 11.1 Å². The predicted octanol–water partition coefficient (Wildman–Crippen LogP) is 4.61. The molecule has 5 rings (SSSR count). The summed E-state index contributed by atoms with van der Waals surface area (Å²) < 4.78 is 11.9. The number of amides is 1. The fraction of sp³-hybridized carbons (Fsp3) is 0.520. The topological polar surface area (TPSA) is 87.8 Å². The van der Waals surface area contributed by atoms with Crippen LogP contribution in [-0.4, -0.2) is 44.2 Å². The fourth-order valence-corrected chi connectivity index (χ4v) is 6.36. The third-order valence-corrected chi connectivity index (χ3v) is 8.03. The summed E-state index contributed by atoms with van der Waals surface area (Å²) in [5.41, 5.74) is 7.46. The van der Waals surface area contributed by atoms with Crippen LogP contribution in [0, 0.1) is 0 Å². The summed E-state index contributed by atoms with van der Waals surface area (Å²) in [6, 6.07) is 4.46. The minimum Gasteiger partial charge on any atom is -0.617 e. The second-order valence-corrected chi connectivity index (χ2v) is 10.9. The number of H-pyrrole nitrogens is 2. The highest BCUT2D eigenvalue weighted by Crippen LogP contribution is 2.50. The van der Waals surface area contributed by atoms with Gasteiger partial charge in [0.25, 0.3) is 0 Å². The maximum atomic E-state index is 13.9. The van der Waals surface area contributed by atoms with Gasteiger partial charge < -0.3 is 14.4 Å². The van der Waals surface area contributed by atoms with Crippen LogP contribution < -0.4 is 4.90 Å². The Hall–Kier alpha value is -2.25. The van der Waals surface area contributed by atoms with Crippen molar-refractivity contribution in [1.82, 2.24) is 15.2 Å². The number of aromatic amines is 2. The molecule has 32 heavy (non-hydrogen) atoms. The largest absolute Gasteiger partial charge is 0.617 e. The second-order valence-electron chi connectivity index (χ2n) is 9.32. The normalized spacial score (nSPS) is 17.9. The summed E-state index contributed by atoms with van der Waals surface area (Å²) in [6.07, 6.45) is 10.4. The Morgan fingerprint density at radius 1 is 1.22 bits per heavy atom. The quantitative estimate of drug-likeness (QED) is 0.513. The Morgan fingerprint density at radius 3 is 2.72 bits per heavy atom. The highest BCUT2D eigenvalue weighted by molar-refractivity contribution is 7.90. The summed E-state index contributed by atoms with van der Waals surface area (Å²) in [7, 11) is 0. The number of nitrogens with zero attached hydrogens (tertiary/aromatic N) is 2. The van der Waals surface area contributed by atoms with Gasteiger partial charge in [-0.25, -0.2) is 0 Å². The monoisotopic (exact) mass is 452 g/mol. The fourth-order valence-electron chi connectivity index (χ4n) is 5.92. The average molecular weight is 453 g/mol. The zero-order chi connectivity index (χ0) is 22.5. The molecule has 3 aromatic rings. The lowest BCUT2D eigenvalue weighted by Gasteiger charge is -2.28. The Labute approximate surface area is 192 Å². The van der Waals surface area contributed by atoms with Crippen molar-refractivity contribution in [2.75, 3.05) is 23.5 Å². The minimum atomic E-state index is -0.941. The molecule has 2 aliphatic rings. The minimum absolute atomic E-state index is 0.190. The van der Waals surface area contributed by atoms with Crippen LogP contribution in [0.3, 0.4) is 0 Å². The van der Waals surface area contributed by atoms with Crippen LogP contribution in [0.5, 0.6) is 0 Å². The van der Waals surface area contributed by atoms with Gasteiger partial charge in [0.1, 0.15) is 11.4 Å². The number of nitrogens with one attached hydrogen (secondary N) is 2. The van der Waals surface area contributed by atoms with Crippen molar-refractivity contribution in [1.29, 1.82) is 0 Å². The van der Waals surface area contributed by atoms with E-state index in [-0.39, 0.29) is 5.91 Å². The van der Waals surface area contributed by atoms with Gasteiger partial charge >= 0.3 is 0 Å². The Morgan fingerprint density at radius 2 is 2.00 bits per heavy atom. The number of anilines is 1. The SMILES string of the molecule is CCCC1(CCC)C(=O)N(CC[S+](C)[O-])c2cc3c4c([nH]c3cc21)-c1n[nH]cc1CCC4. The van der Waals surface area contributed by atoms with E-state index in [4.69, 9.17) is 0 Å². The van der Waals surface area contributed by atoms with E-state index < -0.39 is 16.6 Å². The lowest BCUT2D eigenvalue weighted by molar-refractivity contribution is -0.123. The zero-order valence-corrected chi connectivity index (χ0v) is 20.0. The molecule has 0 saturated heterocycles. The van der Waals surface area contributed by atoms with E-state index in [2.05, 4.69) is 41.2 Å². The summed E-state index contributed by atoms with van der Waals surface area (Å²) in [5.74, 6) is 0.689. The molecule has 170 valence electrons. The lowest BCUT2D eigenvalue weighted by atomic mass is 9.74. The van der Waals surface area contributed by atoms with Crippen LogP contribution in [0.1, 0.15) is 62.6 Å². The van der Waals surface area contributed by atoms with Crippen molar-refractivity contribution in [3.63, 3.8) is 0 Å². The molecule has 0 saturated carbocycles. The third kappa shape index (κ3) is 3.20. The number of hydrogen-bond donors (Lipinski definition) is 2. The van der Waals surface area contributed by atoms with Gasteiger partial charge in [-0.3, -0.25) is 9.89 Å². The van der Waals surface area contributed by atoms with E-state index in [0.29, 0.717) is 12.3 Å². The first-order chi connectivity index (χ1) is 15.5. The van der Waals surface area contributed by atoms with Crippen molar-refractivity contribution in [3.05, 3.63) is 35.0 Å². The number of carbonyl (C=O) groups is 1. The Kier molecular flexibility index (Phi) is 5.58. The molecule has 0 bridgehead atoms. The van der Waals surface area contributed by atoms with Gasteiger partial charge in [-0.15, -0.1) is 0 Å². The van der Waals surface area contributed by atoms with E-state index in [0.717, 1.165) is 73.1 Å². The Balaban J connectivity index is 1.72. The molecular weight excluding hydrogens is 420 g/mol. The van der Waals surface area contributed by atoms with Crippen molar-refractivity contribution < 1.29 is 9.35 Å². The second kappa shape index (κ2) is 8.27. The maximum Gasteiger partial charge on any atom is 0.237 e.